The first-order chi connectivity index (χ1) is 11.1. The van der Waals surface area contributed by atoms with E-state index in [9.17, 15) is 14.9 Å². The minimum Gasteiger partial charge on any atom is -0.346 e. The summed E-state index contributed by atoms with van der Waals surface area (Å²) in [6.45, 7) is 1.81. The molecular weight excluding hydrogens is 304 g/mol. The van der Waals surface area contributed by atoms with Crippen molar-refractivity contribution < 1.29 is 14.4 Å². The molecule has 0 radical (unpaired) electrons. The Morgan fingerprint density at radius 1 is 1.30 bits per heavy atom. The Hall–Kier alpha value is -2.52. The maximum atomic E-state index is 12.5. The number of anilines is 1. The molecule has 0 bridgehead atoms. The third kappa shape index (κ3) is 2.16. The summed E-state index contributed by atoms with van der Waals surface area (Å²) in [4.78, 5) is 29.2. The van der Waals surface area contributed by atoms with Gasteiger partial charge in [-0.1, -0.05) is 6.07 Å². The standard InChI is InChI=1S/C14H14N4O5/c19-13-11(18(20)21)12(15-10-3-1-2-5-17(10)13)16-6-4-14(9-16)22-7-8-23-14/h1-3,5H,4,6-9H2. The van der Waals surface area contributed by atoms with Crippen LogP contribution in [0.15, 0.2) is 29.2 Å². The first-order valence-corrected chi connectivity index (χ1v) is 7.28. The fraction of sp³-hybridized carbons (Fsp3) is 0.429. The summed E-state index contributed by atoms with van der Waals surface area (Å²) in [5, 5.41) is 11.4. The summed E-state index contributed by atoms with van der Waals surface area (Å²) in [7, 11) is 0. The summed E-state index contributed by atoms with van der Waals surface area (Å²) in [5.41, 5.74) is -0.846. The second-order valence-corrected chi connectivity index (χ2v) is 5.55. The lowest BCUT2D eigenvalue weighted by Crippen LogP contribution is -2.35. The van der Waals surface area contributed by atoms with E-state index in [1.54, 1.807) is 23.1 Å². The molecule has 23 heavy (non-hydrogen) atoms. The Morgan fingerprint density at radius 3 is 2.83 bits per heavy atom. The van der Waals surface area contributed by atoms with Gasteiger partial charge in [-0.2, -0.15) is 0 Å². The van der Waals surface area contributed by atoms with Crippen molar-refractivity contribution in [1.82, 2.24) is 9.38 Å². The average Bonchev–Trinajstić information content (AvgIpc) is 3.17. The second-order valence-electron chi connectivity index (χ2n) is 5.55. The van der Waals surface area contributed by atoms with Crippen molar-refractivity contribution in [2.75, 3.05) is 31.2 Å². The summed E-state index contributed by atoms with van der Waals surface area (Å²) >= 11 is 0. The number of hydrogen-bond donors (Lipinski definition) is 0. The molecule has 0 aliphatic carbocycles. The number of hydrogen-bond acceptors (Lipinski definition) is 7. The van der Waals surface area contributed by atoms with E-state index in [2.05, 4.69) is 4.98 Å². The zero-order valence-electron chi connectivity index (χ0n) is 12.2. The molecule has 0 atom stereocenters. The molecule has 4 heterocycles. The highest BCUT2D eigenvalue weighted by Crippen LogP contribution is 2.35. The maximum absolute atomic E-state index is 12.5. The molecule has 2 aliphatic rings. The summed E-state index contributed by atoms with van der Waals surface area (Å²) in [5.74, 6) is -0.667. The van der Waals surface area contributed by atoms with Crippen LogP contribution in [0.3, 0.4) is 0 Å². The molecule has 9 nitrogen and oxygen atoms in total. The predicted octanol–water partition coefficient (Wildman–Crippen LogP) is 0.556. The molecule has 2 aliphatic heterocycles. The van der Waals surface area contributed by atoms with E-state index >= 15 is 0 Å². The van der Waals surface area contributed by atoms with Crippen LogP contribution in [0.4, 0.5) is 11.5 Å². The van der Waals surface area contributed by atoms with Crippen LogP contribution in [0.2, 0.25) is 0 Å². The fourth-order valence-corrected chi connectivity index (χ4v) is 3.12. The minimum absolute atomic E-state index is 0.0715. The van der Waals surface area contributed by atoms with Gasteiger partial charge >= 0.3 is 11.2 Å². The Labute approximate surface area is 130 Å². The zero-order chi connectivity index (χ0) is 16.0. The number of aromatic nitrogens is 2. The first kappa shape index (κ1) is 14.1. The summed E-state index contributed by atoms with van der Waals surface area (Å²) in [6.07, 6.45) is 2.05. The van der Waals surface area contributed by atoms with Crippen LogP contribution in [0.1, 0.15) is 6.42 Å². The van der Waals surface area contributed by atoms with Crippen LogP contribution in [0.25, 0.3) is 5.65 Å². The lowest BCUT2D eigenvalue weighted by Gasteiger charge is -2.22. The second kappa shape index (κ2) is 5.00. The van der Waals surface area contributed by atoms with Gasteiger partial charge in [0, 0.05) is 19.2 Å². The molecule has 2 aromatic rings. The lowest BCUT2D eigenvalue weighted by molar-refractivity contribution is -0.385. The van der Waals surface area contributed by atoms with Crippen LogP contribution in [-0.4, -0.2) is 46.4 Å². The Kier molecular flexibility index (Phi) is 3.06. The van der Waals surface area contributed by atoms with E-state index in [0.717, 1.165) is 0 Å². The zero-order valence-corrected chi connectivity index (χ0v) is 12.2. The Bertz CT molecular complexity index is 843. The van der Waals surface area contributed by atoms with Crippen molar-refractivity contribution in [2.24, 2.45) is 0 Å². The Morgan fingerprint density at radius 2 is 2.09 bits per heavy atom. The highest BCUT2D eigenvalue weighted by molar-refractivity contribution is 5.62. The van der Waals surface area contributed by atoms with E-state index < -0.39 is 22.0 Å². The lowest BCUT2D eigenvalue weighted by atomic mass is 10.2. The molecule has 0 unspecified atom stereocenters. The van der Waals surface area contributed by atoms with Gasteiger partial charge in [0.05, 0.1) is 24.7 Å². The molecule has 2 fully saturated rings. The van der Waals surface area contributed by atoms with Gasteiger partial charge in [-0.05, 0) is 12.1 Å². The van der Waals surface area contributed by atoms with Crippen LogP contribution in [-0.2, 0) is 9.47 Å². The third-order valence-electron chi connectivity index (χ3n) is 4.18. The van der Waals surface area contributed by atoms with Crippen molar-refractivity contribution in [1.29, 1.82) is 0 Å². The molecule has 0 amide bonds. The van der Waals surface area contributed by atoms with Crippen molar-refractivity contribution in [3.05, 3.63) is 44.9 Å². The minimum atomic E-state index is -0.739. The van der Waals surface area contributed by atoms with E-state index in [4.69, 9.17) is 9.47 Å². The first-order valence-electron chi connectivity index (χ1n) is 7.28. The molecule has 1 spiro atoms. The van der Waals surface area contributed by atoms with Crippen LogP contribution in [0.5, 0.6) is 0 Å². The number of nitrogens with zero attached hydrogens (tertiary/aromatic N) is 4. The van der Waals surface area contributed by atoms with Crippen LogP contribution in [0, 0.1) is 10.1 Å². The van der Waals surface area contributed by atoms with Gasteiger partial charge in [0.2, 0.25) is 5.82 Å². The summed E-state index contributed by atoms with van der Waals surface area (Å²) in [6, 6.07) is 5.00. The third-order valence-corrected chi connectivity index (χ3v) is 4.18. The molecular formula is C14H14N4O5. The smallest absolute Gasteiger partial charge is 0.346 e. The highest BCUT2D eigenvalue weighted by Gasteiger charge is 2.45. The van der Waals surface area contributed by atoms with E-state index in [0.29, 0.717) is 38.4 Å². The Balaban J connectivity index is 1.84. The largest absolute Gasteiger partial charge is 0.376 e. The van der Waals surface area contributed by atoms with Crippen LogP contribution < -0.4 is 10.5 Å². The number of pyridine rings is 1. The van der Waals surface area contributed by atoms with Gasteiger partial charge in [-0.15, -0.1) is 0 Å². The van der Waals surface area contributed by atoms with E-state index in [-0.39, 0.29) is 5.82 Å². The van der Waals surface area contributed by atoms with Gasteiger partial charge < -0.3 is 14.4 Å². The molecule has 0 aromatic carbocycles. The van der Waals surface area contributed by atoms with Gasteiger partial charge in [0.25, 0.3) is 0 Å². The number of ether oxygens (including phenoxy) is 2. The SMILES string of the molecule is O=c1c([N+](=O)[O-])c(N2CCC3(C2)OCCO3)nc2ccccn12. The van der Waals surface area contributed by atoms with E-state index in [1.165, 1.54) is 10.6 Å². The molecule has 120 valence electrons. The topological polar surface area (TPSA) is 99.2 Å². The normalized spacial score (nSPS) is 19.7. The average molecular weight is 318 g/mol. The van der Waals surface area contributed by atoms with Crippen molar-refractivity contribution in [3.8, 4) is 0 Å². The number of nitro groups is 1. The monoisotopic (exact) mass is 318 g/mol. The molecule has 0 saturated carbocycles. The van der Waals surface area contributed by atoms with Gasteiger partial charge in [0.1, 0.15) is 5.65 Å². The van der Waals surface area contributed by atoms with Crippen molar-refractivity contribution in [2.45, 2.75) is 12.2 Å². The summed E-state index contributed by atoms with van der Waals surface area (Å²) < 4.78 is 12.4. The van der Waals surface area contributed by atoms with Gasteiger partial charge in [-0.3, -0.25) is 19.3 Å². The van der Waals surface area contributed by atoms with Gasteiger partial charge in [-0.25, -0.2) is 4.98 Å². The van der Waals surface area contributed by atoms with Gasteiger partial charge in [0.15, 0.2) is 5.79 Å². The molecule has 4 rings (SSSR count). The maximum Gasteiger partial charge on any atom is 0.376 e. The molecule has 9 heteroatoms. The number of rotatable bonds is 2. The van der Waals surface area contributed by atoms with Crippen molar-refractivity contribution in [3.63, 3.8) is 0 Å². The predicted molar refractivity (Wildman–Crippen MR) is 79.6 cm³/mol. The van der Waals surface area contributed by atoms with Crippen LogP contribution >= 0.6 is 0 Å². The highest BCUT2D eigenvalue weighted by atomic mass is 16.7. The quantitative estimate of drug-likeness (QED) is 0.589. The van der Waals surface area contributed by atoms with Crippen molar-refractivity contribution >= 4 is 17.2 Å². The number of fused-ring (bicyclic) bond motifs is 1. The molecule has 2 saturated heterocycles. The van der Waals surface area contributed by atoms with E-state index in [1.807, 2.05) is 0 Å². The molecule has 0 N–H and O–H groups in total. The molecule has 2 aromatic heterocycles. The fourth-order valence-electron chi connectivity index (χ4n) is 3.12.